The number of rotatable bonds is 7. The Bertz CT molecular complexity index is 1040. The molecule has 0 saturated carbocycles. The summed E-state index contributed by atoms with van der Waals surface area (Å²) in [5.41, 5.74) is 2.68. The lowest BCUT2D eigenvalue weighted by Gasteiger charge is -2.18. The number of esters is 1. The second-order valence-electron chi connectivity index (χ2n) is 6.86. The molecule has 0 fully saturated rings. The van der Waals surface area contributed by atoms with Crippen LogP contribution in [0.1, 0.15) is 40.1 Å². The van der Waals surface area contributed by atoms with E-state index in [0.29, 0.717) is 24.1 Å². The van der Waals surface area contributed by atoms with Crippen molar-refractivity contribution in [3.8, 4) is 0 Å². The van der Waals surface area contributed by atoms with E-state index in [1.807, 2.05) is 42.5 Å². The Morgan fingerprint density at radius 1 is 0.839 bits per heavy atom. The minimum Gasteiger partial charge on any atom is -0.444 e. The molecule has 0 aliphatic carbocycles. The van der Waals surface area contributed by atoms with Gasteiger partial charge in [-0.05, 0) is 30.5 Å². The van der Waals surface area contributed by atoms with Crippen LogP contribution in [0, 0.1) is 0 Å². The fourth-order valence-corrected chi connectivity index (χ4v) is 3.14. The minimum absolute atomic E-state index is 0.363. The highest BCUT2D eigenvalue weighted by Crippen LogP contribution is 2.22. The number of urea groups is 1. The van der Waals surface area contributed by atoms with Crippen LogP contribution in [0.2, 0.25) is 0 Å². The molecule has 158 valence electrons. The molecule has 3 aromatic carbocycles. The first-order valence-corrected chi connectivity index (χ1v) is 10.0. The van der Waals surface area contributed by atoms with Crippen LogP contribution < -0.4 is 10.6 Å². The molecule has 6 nitrogen and oxygen atoms in total. The summed E-state index contributed by atoms with van der Waals surface area (Å²) in [5, 5.41) is 4.72. The molecule has 3 aromatic rings. The average Bonchev–Trinajstić information content (AvgIpc) is 2.79. The normalized spacial score (nSPS) is 11.3. The van der Waals surface area contributed by atoms with E-state index >= 15 is 0 Å². The maximum absolute atomic E-state index is 13.1. The van der Waals surface area contributed by atoms with Crippen molar-refractivity contribution in [2.75, 3.05) is 6.54 Å². The highest BCUT2D eigenvalue weighted by atomic mass is 16.5. The molecule has 3 amide bonds. The van der Waals surface area contributed by atoms with E-state index < -0.39 is 24.0 Å². The summed E-state index contributed by atoms with van der Waals surface area (Å²) in [6, 6.07) is 24.9. The molecule has 0 aliphatic heterocycles. The first kappa shape index (κ1) is 21.8. The molecule has 0 aromatic heterocycles. The summed E-state index contributed by atoms with van der Waals surface area (Å²) >= 11 is 0. The summed E-state index contributed by atoms with van der Waals surface area (Å²) in [5.74, 6) is -1.35. The third-order valence-corrected chi connectivity index (χ3v) is 4.61. The lowest BCUT2D eigenvalue weighted by molar-refractivity contribution is -0.129. The van der Waals surface area contributed by atoms with Gasteiger partial charge in [-0.3, -0.25) is 10.1 Å². The number of carbonyl (C=O) groups is 3. The average molecular weight is 416 g/mol. The molecule has 6 heteroatoms. The molecule has 1 atom stereocenters. The van der Waals surface area contributed by atoms with E-state index in [4.69, 9.17) is 4.74 Å². The first-order chi connectivity index (χ1) is 15.1. The summed E-state index contributed by atoms with van der Waals surface area (Å²) in [6.07, 6.45) is -0.714. The van der Waals surface area contributed by atoms with Gasteiger partial charge in [0.1, 0.15) is 0 Å². The molecule has 0 spiro atoms. The zero-order valence-corrected chi connectivity index (χ0v) is 17.2. The second-order valence-corrected chi connectivity index (χ2v) is 6.86. The van der Waals surface area contributed by atoms with E-state index in [2.05, 4.69) is 10.6 Å². The smallest absolute Gasteiger partial charge is 0.339 e. The summed E-state index contributed by atoms with van der Waals surface area (Å²) in [7, 11) is 0. The molecule has 2 N–H and O–H groups in total. The topological polar surface area (TPSA) is 84.5 Å². The van der Waals surface area contributed by atoms with Crippen molar-refractivity contribution in [2.45, 2.75) is 19.4 Å². The SMILES string of the molecule is CCNC(=O)NC(=O)[C@@H](OC(=O)c1ccccc1Cc1ccccc1)c1ccccc1. The van der Waals surface area contributed by atoms with Gasteiger partial charge in [-0.15, -0.1) is 0 Å². The molecular formula is C25H24N2O4. The van der Waals surface area contributed by atoms with Gasteiger partial charge in [-0.1, -0.05) is 78.9 Å². The summed E-state index contributed by atoms with van der Waals surface area (Å²) in [4.78, 5) is 37.6. The van der Waals surface area contributed by atoms with Crippen molar-refractivity contribution in [1.29, 1.82) is 0 Å². The highest BCUT2D eigenvalue weighted by molar-refractivity contribution is 5.99. The van der Waals surface area contributed by atoms with Gasteiger partial charge >= 0.3 is 12.0 Å². The van der Waals surface area contributed by atoms with Crippen molar-refractivity contribution in [3.63, 3.8) is 0 Å². The lowest BCUT2D eigenvalue weighted by atomic mass is 10.00. The highest BCUT2D eigenvalue weighted by Gasteiger charge is 2.27. The molecular weight excluding hydrogens is 392 g/mol. The third kappa shape index (κ3) is 6.02. The Labute approximate surface area is 181 Å². The van der Waals surface area contributed by atoms with Crippen LogP contribution in [0.25, 0.3) is 0 Å². The monoisotopic (exact) mass is 416 g/mol. The van der Waals surface area contributed by atoms with Gasteiger partial charge in [0.2, 0.25) is 6.10 Å². The van der Waals surface area contributed by atoms with Crippen molar-refractivity contribution < 1.29 is 19.1 Å². The number of imide groups is 1. The van der Waals surface area contributed by atoms with Crippen LogP contribution in [-0.2, 0) is 16.0 Å². The van der Waals surface area contributed by atoms with E-state index in [-0.39, 0.29) is 0 Å². The first-order valence-electron chi connectivity index (χ1n) is 10.0. The zero-order chi connectivity index (χ0) is 22.1. The van der Waals surface area contributed by atoms with E-state index in [0.717, 1.165) is 11.1 Å². The molecule has 31 heavy (non-hydrogen) atoms. The predicted octanol–water partition coefficient (Wildman–Crippen LogP) is 4.02. The minimum atomic E-state index is -1.26. The number of benzene rings is 3. The van der Waals surface area contributed by atoms with Crippen LogP contribution in [0.15, 0.2) is 84.9 Å². The Hall–Kier alpha value is -3.93. The van der Waals surface area contributed by atoms with Crippen molar-refractivity contribution >= 4 is 17.9 Å². The van der Waals surface area contributed by atoms with E-state index in [1.54, 1.807) is 49.4 Å². The Morgan fingerprint density at radius 2 is 1.45 bits per heavy atom. The second kappa shape index (κ2) is 10.7. The maximum Gasteiger partial charge on any atom is 0.339 e. The third-order valence-electron chi connectivity index (χ3n) is 4.61. The van der Waals surface area contributed by atoms with Crippen molar-refractivity contribution in [2.24, 2.45) is 0 Å². The lowest BCUT2D eigenvalue weighted by Crippen LogP contribution is -2.42. The van der Waals surface area contributed by atoms with Gasteiger partial charge in [0.25, 0.3) is 5.91 Å². The van der Waals surface area contributed by atoms with Gasteiger partial charge in [-0.2, -0.15) is 0 Å². The van der Waals surface area contributed by atoms with Crippen molar-refractivity contribution in [3.05, 3.63) is 107 Å². The molecule has 0 aliphatic rings. The fourth-order valence-electron chi connectivity index (χ4n) is 3.14. The maximum atomic E-state index is 13.1. The predicted molar refractivity (Wildman–Crippen MR) is 118 cm³/mol. The number of hydrogen-bond acceptors (Lipinski definition) is 4. The number of hydrogen-bond donors (Lipinski definition) is 2. The van der Waals surface area contributed by atoms with Gasteiger partial charge in [0, 0.05) is 12.1 Å². The van der Waals surface area contributed by atoms with Gasteiger partial charge in [0.15, 0.2) is 0 Å². The summed E-state index contributed by atoms with van der Waals surface area (Å²) < 4.78 is 5.61. The number of amides is 3. The van der Waals surface area contributed by atoms with Crippen LogP contribution in [0.5, 0.6) is 0 Å². The molecule has 3 rings (SSSR count). The van der Waals surface area contributed by atoms with Crippen molar-refractivity contribution in [1.82, 2.24) is 10.6 Å². The van der Waals surface area contributed by atoms with Gasteiger partial charge in [-0.25, -0.2) is 9.59 Å². The van der Waals surface area contributed by atoms with E-state index in [9.17, 15) is 14.4 Å². The molecule has 0 heterocycles. The molecule has 0 radical (unpaired) electrons. The van der Waals surface area contributed by atoms with Gasteiger partial charge < -0.3 is 10.1 Å². The largest absolute Gasteiger partial charge is 0.444 e. The Balaban J connectivity index is 1.84. The standard InChI is InChI=1S/C25H24N2O4/c1-2-26-25(30)27-23(28)22(19-13-7-4-8-14-19)31-24(29)21-16-10-9-15-20(21)17-18-11-5-3-6-12-18/h3-16,22H,2,17H2,1H3,(H2,26,27,28,30)/t22-/m0/s1. The fraction of sp³-hybridized carbons (Fsp3) is 0.160. The van der Waals surface area contributed by atoms with Crippen LogP contribution in [0.3, 0.4) is 0 Å². The molecule has 0 saturated heterocycles. The van der Waals surface area contributed by atoms with Crippen LogP contribution >= 0.6 is 0 Å². The van der Waals surface area contributed by atoms with Gasteiger partial charge in [0.05, 0.1) is 5.56 Å². The Kier molecular flexibility index (Phi) is 7.54. The van der Waals surface area contributed by atoms with Crippen LogP contribution in [0.4, 0.5) is 4.79 Å². The van der Waals surface area contributed by atoms with E-state index in [1.165, 1.54) is 0 Å². The number of nitrogens with one attached hydrogen (secondary N) is 2. The number of ether oxygens (including phenoxy) is 1. The molecule has 0 unspecified atom stereocenters. The molecule has 0 bridgehead atoms. The Morgan fingerprint density at radius 3 is 2.13 bits per heavy atom. The van der Waals surface area contributed by atoms with Crippen LogP contribution in [-0.4, -0.2) is 24.5 Å². The quantitative estimate of drug-likeness (QED) is 0.570. The number of carbonyl (C=O) groups excluding carboxylic acids is 3. The summed E-state index contributed by atoms with van der Waals surface area (Å²) in [6.45, 7) is 2.10. The zero-order valence-electron chi connectivity index (χ0n) is 17.2.